The lowest BCUT2D eigenvalue weighted by molar-refractivity contribution is 0.277. The minimum absolute atomic E-state index is 0.666. The van der Waals surface area contributed by atoms with Crippen molar-refractivity contribution < 1.29 is 0 Å². The largest absolute Gasteiger partial charge is 0.342 e. The Hall–Kier alpha value is -1.27. The molecule has 0 unspecified atom stereocenters. The van der Waals surface area contributed by atoms with E-state index in [2.05, 4.69) is 18.3 Å². The van der Waals surface area contributed by atoms with Gasteiger partial charge in [0, 0.05) is 25.8 Å². The summed E-state index contributed by atoms with van der Waals surface area (Å²) in [6.07, 6.45) is 10.1. The Morgan fingerprint density at radius 3 is 2.68 bits per heavy atom. The molecule has 0 bridgehead atoms. The van der Waals surface area contributed by atoms with E-state index in [0.29, 0.717) is 6.04 Å². The quantitative estimate of drug-likeness (QED) is 0.881. The van der Waals surface area contributed by atoms with E-state index in [0.717, 1.165) is 18.2 Å². The van der Waals surface area contributed by atoms with Crippen LogP contribution in [0.1, 0.15) is 56.7 Å². The van der Waals surface area contributed by atoms with Gasteiger partial charge in [-0.1, -0.05) is 19.8 Å². The third-order valence-corrected chi connectivity index (χ3v) is 4.31. The van der Waals surface area contributed by atoms with E-state index in [1.54, 1.807) is 0 Å². The number of aromatic nitrogens is 1. The van der Waals surface area contributed by atoms with E-state index in [-0.39, 0.29) is 0 Å². The summed E-state index contributed by atoms with van der Waals surface area (Å²) in [5, 5.41) is 12.6. The minimum Gasteiger partial charge on any atom is -0.342 e. The molecule has 0 spiro atoms. The molecule has 0 atom stereocenters. The summed E-state index contributed by atoms with van der Waals surface area (Å²) in [4.78, 5) is 0. The fourth-order valence-corrected chi connectivity index (χ4v) is 3.17. The zero-order chi connectivity index (χ0) is 13.7. The van der Waals surface area contributed by atoms with Crippen molar-refractivity contribution in [1.29, 1.82) is 5.26 Å². The van der Waals surface area contributed by atoms with Gasteiger partial charge in [-0.25, -0.2) is 0 Å². The number of rotatable bonds is 5. The molecular weight excluding hydrogens is 234 g/mol. The molecule has 1 N–H and O–H groups in total. The maximum Gasteiger partial charge on any atom is 0.120 e. The zero-order valence-electron chi connectivity index (χ0n) is 12.2. The minimum atomic E-state index is 0.666. The molecule has 0 aliphatic heterocycles. The third kappa shape index (κ3) is 3.84. The Labute approximate surface area is 116 Å². The van der Waals surface area contributed by atoms with E-state index in [4.69, 9.17) is 5.26 Å². The summed E-state index contributed by atoms with van der Waals surface area (Å²) < 4.78 is 1.90. The van der Waals surface area contributed by atoms with Crippen LogP contribution in [0.15, 0.2) is 12.3 Å². The number of nitrogens with one attached hydrogen (secondary N) is 1. The molecule has 1 aromatic rings. The van der Waals surface area contributed by atoms with Gasteiger partial charge in [0.25, 0.3) is 0 Å². The van der Waals surface area contributed by atoms with Gasteiger partial charge in [-0.2, -0.15) is 5.26 Å². The lowest BCUT2D eigenvalue weighted by Gasteiger charge is -2.29. The highest BCUT2D eigenvalue weighted by Crippen LogP contribution is 2.27. The van der Waals surface area contributed by atoms with Crippen molar-refractivity contribution >= 4 is 0 Å². The molecule has 1 aromatic heterocycles. The van der Waals surface area contributed by atoms with Crippen LogP contribution in [0.4, 0.5) is 0 Å². The molecule has 1 heterocycles. The van der Waals surface area contributed by atoms with E-state index in [1.165, 1.54) is 44.1 Å². The van der Waals surface area contributed by atoms with E-state index in [1.807, 2.05) is 23.9 Å². The molecular formula is C16H25N3. The van der Waals surface area contributed by atoms with Gasteiger partial charge in [-0.05, 0) is 43.2 Å². The topological polar surface area (TPSA) is 40.8 Å². The number of hydrogen-bond donors (Lipinski definition) is 1. The van der Waals surface area contributed by atoms with Gasteiger partial charge in [-0.3, -0.25) is 0 Å². The summed E-state index contributed by atoms with van der Waals surface area (Å²) >= 11 is 0. The van der Waals surface area contributed by atoms with Crippen molar-refractivity contribution in [3.63, 3.8) is 0 Å². The molecule has 3 nitrogen and oxygen atoms in total. The van der Waals surface area contributed by atoms with Gasteiger partial charge in [-0.15, -0.1) is 0 Å². The highest BCUT2D eigenvalue weighted by atomic mass is 15.0. The predicted octanol–water partition coefficient (Wildman–Crippen LogP) is 3.35. The first-order valence-electron chi connectivity index (χ1n) is 7.51. The molecule has 19 heavy (non-hydrogen) atoms. The average Bonchev–Trinajstić information content (AvgIpc) is 2.79. The second-order valence-electron chi connectivity index (χ2n) is 5.84. The Bertz CT molecular complexity index is 433. The van der Waals surface area contributed by atoms with E-state index < -0.39 is 0 Å². The van der Waals surface area contributed by atoms with Gasteiger partial charge in [0.1, 0.15) is 11.8 Å². The van der Waals surface area contributed by atoms with Crippen LogP contribution >= 0.6 is 0 Å². The van der Waals surface area contributed by atoms with Crippen LogP contribution in [0, 0.1) is 17.2 Å². The fraction of sp³-hybridized carbons (Fsp3) is 0.688. The molecule has 0 aromatic carbocycles. The lowest BCUT2D eigenvalue weighted by atomic mass is 9.83. The lowest BCUT2D eigenvalue weighted by Crippen LogP contribution is -2.32. The Morgan fingerprint density at radius 1 is 1.37 bits per heavy atom. The number of nitrogens with zero attached hydrogens (tertiary/aromatic N) is 2. The zero-order valence-corrected chi connectivity index (χ0v) is 12.2. The Balaban J connectivity index is 1.76. The van der Waals surface area contributed by atoms with E-state index >= 15 is 0 Å². The van der Waals surface area contributed by atoms with E-state index in [9.17, 15) is 0 Å². The normalized spacial score (nSPS) is 23.2. The summed E-state index contributed by atoms with van der Waals surface area (Å²) in [6, 6.07) is 4.86. The van der Waals surface area contributed by atoms with Crippen molar-refractivity contribution in [3.8, 4) is 6.07 Å². The first kappa shape index (κ1) is 14.1. The molecule has 1 aliphatic rings. The van der Waals surface area contributed by atoms with Crippen LogP contribution in [0.2, 0.25) is 0 Å². The predicted molar refractivity (Wildman–Crippen MR) is 77.6 cm³/mol. The van der Waals surface area contributed by atoms with Gasteiger partial charge in [0.2, 0.25) is 0 Å². The monoisotopic (exact) mass is 259 g/mol. The number of hydrogen-bond acceptors (Lipinski definition) is 2. The van der Waals surface area contributed by atoms with Crippen LogP contribution in [0.3, 0.4) is 0 Å². The van der Waals surface area contributed by atoms with Gasteiger partial charge < -0.3 is 9.88 Å². The highest BCUT2D eigenvalue weighted by molar-refractivity contribution is 5.28. The van der Waals surface area contributed by atoms with Crippen molar-refractivity contribution in [2.45, 2.75) is 58.0 Å². The average molecular weight is 259 g/mol. The molecule has 0 amide bonds. The smallest absolute Gasteiger partial charge is 0.120 e. The molecule has 0 radical (unpaired) electrons. The second kappa shape index (κ2) is 6.77. The molecule has 1 saturated carbocycles. The summed E-state index contributed by atoms with van der Waals surface area (Å²) in [6.45, 7) is 3.17. The van der Waals surface area contributed by atoms with Crippen molar-refractivity contribution in [1.82, 2.24) is 9.88 Å². The van der Waals surface area contributed by atoms with Crippen LogP contribution in [-0.4, -0.2) is 10.6 Å². The molecule has 2 rings (SSSR count). The maximum atomic E-state index is 8.94. The SMILES string of the molecule is CCCC1CCC(NCc2cc(C#N)n(C)c2)CC1. The first-order chi connectivity index (χ1) is 9.22. The fourth-order valence-electron chi connectivity index (χ4n) is 3.17. The first-order valence-corrected chi connectivity index (χ1v) is 7.51. The summed E-state index contributed by atoms with van der Waals surface area (Å²) in [7, 11) is 1.93. The molecule has 0 saturated heterocycles. The maximum absolute atomic E-state index is 8.94. The van der Waals surface area contributed by atoms with Crippen LogP contribution in [-0.2, 0) is 13.6 Å². The number of nitriles is 1. The molecule has 3 heteroatoms. The highest BCUT2D eigenvalue weighted by Gasteiger charge is 2.20. The van der Waals surface area contributed by atoms with Crippen molar-refractivity contribution in [2.24, 2.45) is 13.0 Å². The summed E-state index contributed by atoms with van der Waals surface area (Å²) in [5.74, 6) is 0.963. The van der Waals surface area contributed by atoms with Gasteiger partial charge in [0.15, 0.2) is 0 Å². The van der Waals surface area contributed by atoms with Crippen LogP contribution in [0.25, 0.3) is 0 Å². The Morgan fingerprint density at radius 2 is 2.11 bits per heavy atom. The molecule has 104 valence electrons. The van der Waals surface area contributed by atoms with Gasteiger partial charge >= 0.3 is 0 Å². The van der Waals surface area contributed by atoms with Gasteiger partial charge in [0.05, 0.1) is 0 Å². The molecule has 1 fully saturated rings. The second-order valence-corrected chi connectivity index (χ2v) is 5.84. The number of aryl methyl sites for hydroxylation is 1. The van der Waals surface area contributed by atoms with Crippen LogP contribution in [0.5, 0.6) is 0 Å². The summed E-state index contributed by atoms with van der Waals surface area (Å²) in [5.41, 5.74) is 1.96. The van der Waals surface area contributed by atoms with Crippen molar-refractivity contribution in [2.75, 3.05) is 0 Å². The third-order valence-electron chi connectivity index (χ3n) is 4.31. The molecule has 1 aliphatic carbocycles. The van der Waals surface area contributed by atoms with Crippen molar-refractivity contribution in [3.05, 3.63) is 23.5 Å². The standard InChI is InChI=1S/C16H25N3/c1-3-4-13-5-7-15(8-6-13)18-11-14-9-16(10-17)19(2)12-14/h9,12-13,15,18H,3-8,11H2,1-2H3. The van der Waals surface area contributed by atoms with Crippen LogP contribution < -0.4 is 5.32 Å². The Kier molecular flexibility index (Phi) is 5.04.